The highest BCUT2D eigenvalue weighted by atomic mass is 16.1. The lowest BCUT2D eigenvalue weighted by Crippen LogP contribution is -2.30. The lowest BCUT2D eigenvalue weighted by Gasteiger charge is -2.10. The minimum Gasteiger partial charge on any atom is -0.356 e. The number of aromatic nitrogens is 1. The fourth-order valence-electron chi connectivity index (χ4n) is 2.28. The number of nitrogens with zero attached hydrogens (tertiary/aromatic N) is 1. The van der Waals surface area contributed by atoms with E-state index in [2.05, 4.69) is 15.6 Å². The second-order valence-corrected chi connectivity index (χ2v) is 4.79. The van der Waals surface area contributed by atoms with Gasteiger partial charge in [-0.2, -0.15) is 0 Å². The van der Waals surface area contributed by atoms with Gasteiger partial charge in [0.15, 0.2) is 0 Å². The first kappa shape index (κ1) is 13.0. The van der Waals surface area contributed by atoms with Gasteiger partial charge in [0.05, 0.1) is 0 Å². The molecular weight excluding hydrogens is 226 g/mol. The third kappa shape index (κ3) is 4.45. The van der Waals surface area contributed by atoms with E-state index in [1.54, 1.807) is 12.4 Å². The molecule has 2 rings (SSSR count). The van der Waals surface area contributed by atoms with Gasteiger partial charge in [-0.3, -0.25) is 9.78 Å². The van der Waals surface area contributed by atoms with E-state index in [1.165, 1.54) is 12.8 Å². The SMILES string of the molecule is O=C(CCc1ccncc1)NCC[C@H]1CCCN1. The number of hydrogen-bond acceptors (Lipinski definition) is 3. The van der Waals surface area contributed by atoms with Crippen molar-refractivity contribution in [3.8, 4) is 0 Å². The number of carbonyl (C=O) groups excluding carboxylic acids is 1. The average molecular weight is 247 g/mol. The maximum atomic E-state index is 11.6. The zero-order valence-corrected chi connectivity index (χ0v) is 10.7. The maximum Gasteiger partial charge on any atom is 0.220 e. The monoisotopic (exact) mass is 247 g/mol. The Kier molecular flexibility index (Phi) is 5.15. The number of pyridine rings is 1. The molecular formula is C14H21N3O. The van der Waals surface area contributed by atoms with Crippen LogP contribution in [0.3, 0.4) is 0 Å². The summed E-state index contributed by atoms with van der Waals surface area (Å²) in [5, 5.41) is 6.42. The summed E-state index contributed by atoms with van der Waals surface area (Å²) in [6.07, 6.45) is 8.42. The van der Waals surface area contributed by atoms with Crippen molar-refractivity contribution >= 4 is 5.91 Å². The van der Waals surface area contributed by atoms with E-state index in [4.69, 9.17) is 0 Å². The number of carbonyl (C=O) groups is 1. The Morgan fingerprint density at radius 1 is 1.44 bits per heavy atom. The molecule has 1 fully saturated rings. The van der Waals surface area contributed by atoms with Crippen LogP contribution in [-0.2, 0) is 11.2 Å². The van der Waals surface area contributed by atoms with Crippen LogP contribution in [0.5, 0.6) is 0 Å². The molecule has 18 heavy (non-hydrogen) atoms. The van der Waals surface area contributed by atoms with Crippen molar-refractivity contribution in [3.63, 3.8) is 0 Å². The van der Waals surface area contributed by atoms with Crippen LogP contribution in [0.15, 0.2) is 24.5 Å². The van der Waals surface area contributed by atoms with E-state index in [1.807, 2.05) is 12.1 Å². The number of hydrogen-bond donors (Lipinski definition) is 2. The maximum absolute atomic E-state index is 11.6. The van der Waals surface area contributed by atoms with Crippen molar-refractivity contribution in [1.82, 2.24) is 15.6 Å². The van der Waals surface area contributed by atoms with Gasteiger partial charge in [0.25, 0.3) is 0 Å². The predicted octanol–water partition coefficient (Wildman–Crippen LogP) is 1.27. The standard InChI is InChI=1S/C14H21N3O/c18-14(4-3-12-5-9-15-10-6-12)17-11-7-13-2-1-8-16-13/h5-6,9-10,13,16H,1-4,7-8,11H2,(H,17,18)/t13-/m1/s1. The van der Waals surface area contributed by atoms with Crippen molar-refractivity contribution in [1.29, 1.82) is 0 Å². The van der Waals surface area contributed by atoms with Crippen LogP contribution >= 0.6 is 0 Å². The molecule has 0 radical (unpaired) electrons. The van der Waals surface area contributed by atoms with Gasteiger partial charge in [-0.05, 0) is 49.9 Å². The van der Waals surface area contributed by atoms with E-state index < -0.39 is 0 Å². The molecule has 2 heterocycles. The fourth-order valence-corrected chi connectivity index (χ4v) is 2.28. The van der Waals surface area contributed by atoms with Crippen LogP contribution in [-0.4, -0.2) is 30.0 Å². The largest absolute Gasteiger partial charge is 0.356 e. The molecule has 0 bridgehead atoms. The third-order valence-electron chi connectivity index (χ3n) is 3.37. The average Bonchev–Trinajstić information content (AvgIpc) is 2.91. The molecule has 1 atom stereocenters. The molecule has 1 aliphatic heterocycles. The van der Waals surface area contributed by atoms with E-state index in [0.29, 0.717) is 12.5 Å². The Bertz CT molecular complexity index is 361. The molecule has 2 N–H and O–H groups in total. The minimum absolute atomic E-state index is 0.143. The summed E-state index contributed by atoms with van der Waals surface area (Å²) in [4.78, 5) is 15.6. The highest BCUT2D eigenvalue weighted by molar-refractivity contribution is 5.76. The molecule has 1 aromatic rings. The zero-order chi connectivity index (χ0) is 12.6. The molecule has 1 amide bonds. The fraction of sp³-hybridized carbons (Fsp3) is 0.571. The summed E-state index contributed by atoms with van der Waals surface area (Å²) in [5.41, 5.74) is 1.16. The van der Waals surface area contributed by atoms with Crippen LogP contribution in [0.25, 0.3) is 0 Å². The number of rotatable bonds is 6. The topological polar surface area (TPSA) is 54.0 Å². The molecule has 98 valence electrons. The second-order valence-electron chi connectivity index (χ2n) is 4.79. The Hall–Kier alpha value is -1.42. The number of nitrogens with one attached hydrogen (secondary N) is 2. The highest BCUT2D eigenvalue weighted by Gasteiger charge is 2.13. The predicted molar refractivity (Wildman–Crippen MR) is 71.2 cm³/mol. The van der Waals surface area contributed by atoms with Crippen molar-refractivity contribution in [2.75, 3.05) is 13.1 Å². The van der Waals surface area contributed by atoms with Gasteiger partial charge in [-0.15, -0.1) is 0 Å². The first-order chi connectivity index (χ1) is 8.84. The summed E-state index contributed by atoms with van der Waals surface area (Å²) in [7, 11) is 0. The lowest BCUT2D eigenvalue weighted by molar-refractivity contribution is -0.121. The first-order valence-corrected chi connectivity index (χ1v) is 6.73. The Balaban J connectivity index is 1.57. The zero-order valence-electron chi connectivity index (χ0n) is 10.7. The molecule has 0 saturated carbocycles. The highest BCUT2D eigenvalue weighted by Crippen LogP contribution is 2.07. The molecule has 0 aliphatic carbocycles. The van der Waals surface area contributed by atoms with E-state index >= 15 is 0 Å². The van der Waals surface area contributed by atoms with Gasteiger partial charge in [-0.1, -0.05) is 0 Å². The van der Waals surface area contributed by atoms with Crippen LogP contribution in [0.4, 0.5) is 0 Å². The van der Waals surface area contributed by atoms with Crippen LogP contribution in [0.1, 0.15) is 31.2 Å². The van der Waals surface area contributed by atoms with Crippen molar-refractivity contribution in [3.05, 3.63) is 30.1 Å². The molecule has 0 aromatic carbocycles. The molecule has 0 spiro atoms. The first-order valence-electron chi connectivity index (χ1n) is 6.73. The Morgan fingerprint density at radius 3 is 3.00 bits per heavy atom. The van der Waals surface area contributed by atoms with Gasteiger partial charge in [0.1, 0.15) is 0 Å². The Labute approximate surface area is 108 Å². The normalized spacial score (nSPS) is 18.8. The van der Waals surface area contributed by atoms with Crippen LogP contribution < -0.4 is 10.6 Å². The molecule has 1 saturated heterocycles. The summed E-state index contributed by atoms with van der Waals surface area (Å²) < 4.78 is 0. The van der Waals surface area contributed by atoms with E-state index in [9.17, 15) is 4.79 Å². The van der Waals surface area contributed by atoms with E-state index in [0.717, 1.165) is 31.5 Å². The van der Waals surface area contributed by atoms with Gasteiger partial charge >= 0.3 is 0 Å². The smallest absolute Gasteiger partial charge is 0.220 e. The molecule has 1 aliphatic rings. The quantitative estimate of drug-likeness (QED) is 0.796. The van der Waals surface area contributed by atoms with Gasteiger partial charge in [-0.25, -0.2) is 0 Å². The van der Waals surface area contributed by atoms with Gasteiger partial charge in [0.2, 0.25) is 5.91 Å². The van der Waals surface area contributed by atoms with Crippen molar-refractivity contribution < 1.29 is 4.79 Å². The molecule has 4 nitrogen and oxygen atoms in total. The van der Waals surface area contributed by atoms with Gasteiger partial charge in [0, 0.05) is 31.4 Å². The summed E-state index contributed by atoms with van der Waals surface area (Å²) in [6.45, 7) is 1.91. The van der Waals surface area contributed by atoms with Crippen molar-refractivity contribution in [2.24, 2.45) is 0 Å². The number of amides is 1. The lowest BCUT2D eigenvalue weighted by atomic mass is 10.1. The van der Waals surface area contributed by atoms with Crippen molar-refractivity contribution in [2.45, 2.75) is 38.1 Å². The minimum atomic E-state index is 0.143. The van der Waals surface area contributed by atoms with Crippen LogP contribution in [0.2, 0.25) is 0 Å². The Morgan fingerprint density at radius 2 is 2.28 bits per heavy atom. The third-order valence-corrected chi connectivity index (χ3v) is 3.37. The number of aryl methyl sites for hydroxylation is 1. The second kappa shape index (κ2) is 7.11. The summed E-state index contributed by atoms with van der Waals surface area (Å²) >= 11 is 0. The molecule has 1 aromatic heterocycles. The molecule has 4 heteroatoms. The van der Waals surface area contributed by atoms with E-state index in [-0.39, 0.29) is 5.91 Å². The summed E-state index contributed by atoms with van der Waals surface area (Å²) in [5.74, 6) is 0.143. The van der Waals surface area contributed by atoms with Crippen LogP contribution in [0, 0.1) is 0 Å². The summed E-state index contributed by atoms with van der Waals surface area (Å²) in [6, 6.07) is 4.51. The van der Waals surface area contributed by atoms with Gasteiger partial charge < -0.3 is 10.6 Å². The molecule has 0 unspecified atom stereocenters.